The van der Waals surface area contributed by atoms with E-state index in [0.29, 0.717) is 0 Å². The van der Waals surface area contributed by atoms with Crippen molar-refractivity contribution in [2.24, 2.45) is 12.5 Å². The van der Waals surface area contributed by atoms with Crippen molar-refractivity contribution < 1.29 is 4.74 Å². The standard InChI is InChI=1S/C12H22N4O/c1-16-11(3-6-15-16)14-9-12(10-17-2)4-7-13-8-5-12/h3,6,13-14H,4-5,7-10H2,1-2H3. The molecular weight excluding hydrogens is 216 g/mol. The second kappa shape index (κ2) is 5.51. The number of aryl methyl sites for hydroxylation is 1. The second-order valence-corrected chi connectivity index (χ2v) is 4.88. The number of ether oxygens (including phenoxy) is 1. The van der Waals surface area contributed by atoms with Gasteiger partial charge in [0, 0.05) is 32.2 Å². The summed E-state index contributed by atoms with van der Waals surface area (Å²) in [6.07, 6.45) is 4.13. The highest BCUT2D eigenvalue weighted by Crippen LogP contribution is 2.29. The summed E-state index contributed by atoms with van der Waals surface area (Å²) in [6.45, 7) is 3.93. The third kappa shape index (κ3) is 2.98. The van der Waals surface area contributed by atoms with Gasteiger partial charge >= 0.3 is 0 Å². The van der Waals surface area contributed by atoms with E-state index in [2.05, 4.69) is 15.7 Å². The Labute approximate surface area is 103 Å². The molecule has 0 bridgehead atoms. The van der Waals surface area contributed by atoms with Gasteiger partial charge in [0.2, 0.25) is 0 Å². The summed E-state index contributed by atoms with van der Waals surface area (Å²) in [6, 6.07) is 2.00. The molecule has 0 amide bonds. The van der Waals surface area contributed by atoms with Crippen molar-refractivity contribution in [2.75, 3.05) is 38.7 Å². The molecule has 96 valence electrons. The normalized spacial score (nSPS) is 19.2. The Bertz CT molecular complexity index is 339. The third-order valence-corrected chi connectivity index (χ3v) is 3.58. The molecule has 1 fully saturated rings. The molecule has 5 heteroatoms. The van der Waals surface area contributed by atoms with Crippen LogP contribution in [0, 0.1) is 5.41 Å². The Hall–Kier alpha value is -1.07. The molecule has 1 saturated heterocycles. The van der Waals surface area contributed by atoms with Crippen molar-refractivity contribution in [2.45, 2.75) is 12.8 Å². The molecule has 0 aromatic carbocycles. The van der Waals surface area contributed by atoms with Crippen molar-refractivity contribution in [3.8, 4) is 0 Å². The number of aromatic nitrogens is 2. The first kappa shape index (κ1) is 12.4. The molecule has 0 saturated carbocycles. The quantitative estimate of drug-likeness (QED) is 0.798. The molecule has 1 aromatic rings. The Morgan fingerprint density at radius 2 is 2.29 bits per heavy atom. The maximum absolute atomic E-state index is 5.39. The molecule has 1 aromatic heterocycles. The van der Waals surface area contributed by atoms with E-state index in [4.69, 9.17) is 4.74 Å². The smallest absolute Gasteiger partial charge is 0.123 e. The van der Waals surface area contributed by atoms with Gasteiger partial charge in [-0.2, -0.15) is 5.10 Å². The van der Waals surface area contributed by atoms with Gasteiger partial charge in [0.15, 0.2) is 0 Å². The van der Waals surface area contributed by atoms with Gasteiger partial charge in [0.05, 0.1) is 12.8 Å². The summed E-state index contributed by atoms with van der Waals surface area (Å²) >= 11 is 0. The van der Waals surface area contributed by atoms with Gasteiger partial charge in [-0.1, -0.05) is 0 Å². The van der Waals surface area contributed by atoms with Gasteiger partial charge in [-0.15, -0.1) is 0 Å². The first-order valence-electron chi connectivity index (χ1n) is 6.17. The van der Waals surface area contributed by atoms with Gasteiger partial charge in [-0.05, 0) is 25.9 Å². The van der Waals surface area contributed by atoms with Gasteiger partial charge in [0.1, 0.15) is 5.82 Å². The van der Waals surface area contributed by atoms with Crippen LogP contribution in [0.1, 0.15) is 12.8 Å². The molecule has 1 aliphatic heterocycles. The lowest BCUT2D eigenvalue weighted by Gasteiger charge is -2.37. The minimum atomic E-state index is 0.254. The highest BCUT2D eigenvalue weighted by molar-refractivity contribution is 5.33. The molecule has 0 spiro atoms. The predicted molar refractivity (Wildman–Crippen MR) is 68.1 cm³/mol. The summed E-state index contributed by atoms with van der Waals surface area (Å²) in [5.41, 5.74) is 0.254. The molecule has 0 unspecified atom stereocenters. The van der Waals surface area contributed by atoms with Crippen molar-refractivity contribution >= 4 is 5.82 Å². The van der Waals surface area contributed by atoms with Crippen molar-refractivity contribution in [3.05, 3.63) is 12.3 Å². The van der Waals surface area contributed by atoms with Crippen molar-refractivity contribution in [1.29, 1.82) is 0 Å². The lowest BCUT2D eigenvalue weighted by atomic mass is 9.79. The number of hydrogen-bond acceptors (Lipinski definition) is 4. The van der Waals surface area contributed by atoms with Crippen molar-refractivity contribution in [1.82, 2.24) is 15.1 Å². The highest BCUT2D eigenvalue weighted by Gasteiger charge is 2.32. The first-order valence-corrected chi connectivity index (χ1v) is 6.17. The van der Waals surface area contributed by atoms with Gasteiger partial charge in [0.25, 0.3) is 0 Å². The lowest BCUT2D eigenvalue weighted by Crippen LogP contribution is -2.44. The highest BCUT2D eigenvalue weighted by atomic mass is 16.5. The van der Waals surface area contributed by atoms with E-state index in [9.17, 15) is 0 Å². The Morgan fingerprint density at radius 3 is 2.88 bits per heavy atom. The molecular formula is C12H22N4O. The number of rotatable bonds is 5. The van der Waals surface area contributed by atoms with Crippen LogP contribution >= 0.6 is 0 Å². The summed E-state index contributed by atoms with van der Waals surface area (Å²) in [4.78, 5) is 0. The number of piperidine rings is 1. The fourth-order valence-corrected chi connectivity index (χ4v) is 2.46. The molecule has 0 aliphatic carbocycles. The van der Waals surface area contributed by atoms with E-state index in [-0.39, 0.29) is 5.41 Å². The molecule has 0 radical (unpaired) electrons. The monoisotopic (exact) mass is 238 g/mol. The average Bonchev–Trinajstić information content (AvgIpc) is 2.74. The Morgan fingerprint density at radius 1 is 1.53 bits per heavy atom. The molecule has 5 nitrogen and oxygen atoms in total. The minimum Gasteiger partial charge on any atom is -0.384 e. The Balaban J connectivity index is 1.95. The van der Waals surface area contributed by atoms with Crippen LogP contribution in [0.4, 0.5) is 5.82 Å². The van der Waals surface area contributed by atoms with Crippen LogP contribution in [0.3, 0.4) is 0 Å². The van der Waals surface area contributed by atoms with Gasteiger partial charge in [-0.25, -0.2) is 0 Å². The second-order valence-electron chi connectivity index (χ2n) is 4.88. The zero-order valence-corrected chi connectivity index (χ0v) is 10.7. The Kier molecular flexibility index (Phi) is 4.02. The molecule has 0 atom stereocenters. The van der Waals surface area contributed by atoms with Crippen LogP contribution < -0.4 is 10.6 Å². The summed E-state index contributed by atoms with van der Waals surface area (Å²) < 4.78 is 7.26. The van der Waals surface area contributed by atoms with E-state index in [0.717, 1.165) is 44.9 Å². The summed E-state index contributed by atoms with van der Waals surface area (Å²) in [5.74, 6) is 1.07. The molecule has 2 heterocycles. The summed E-state index contributed by atoms with van der Waals surface area (Å²) in [5, 5.41) is 11.0. The first-order chi connectivity index (χ1) is 8.26. The van der Waals surface area contributed by atoms with E-state index >= 15 is 0 Å². The fourth-order valence-electron chi connectivity index (χ4n) is 2.46. The fraction of sp³-hybridized carbons (Fsp3) is 0.750. The largest absolute Gasteiger partial charge is 0.384 e. The van der Waals surface area contributed by atoms with Crippen LogP contribution in [0.15, 0.2) is 12.3 Å². The zero-order valence-electron chi connectivity index (χ0n) is 10.7. The van der Waals surface area contributed by atoms with Crippen LogP contribution in [-0.2, 0) is 11.8 Å². The van der Waals surface area contributed by atoms with Crippen LogP contribution in [0.25, 0.3) is 0 Å². The van der Waals surface area contributed by atoms with E-state index in [1.165, 1.54) is 0 Å². The van der Waals surface area contributed by atoms with Gasteiger partial charge in [-0.3, -0.25) is 4.68 Å². The van der Waals surface area contributed by atoms with Crippen LogP contribution in [0.5, 0.6) is 0 Å². The van der Waals surface area contributed by atoms with E-state index in [1.807, 2.05) is 24.0 Å². The average molecular weight is 238 g/mol. The summed E-state index contributed by atoms with van der Waals surface area (Å²) in [7, 11) is 3.74. The topological polar surface area (TPSA) is 51.1 Å². The number of anilines is 1. The van der Waals surface area contributed by atoms with E-state index < -0.39 is 0 Å². The van der Waals surface area contributed by atoms with Crippen LogP contribution in [0.2, 0.25) is 0 Å². The molecule has 2 rings (SSSR count). The third-order valence-electron chi connectivity index (χ3n) is 3.58. The number of methoxy groups -OCH3 is 1. The lowest BCUT2D eigenvalue weighted by molar-refractivity contribution is 0.0635. The number of nitrogens with zero attached hydrogens (tertiary/aromatic N) is 2. The molecule has 2 N–H and O–H groups in total. The molecule has 1 aliphatic rings. The molecule has 17 heavy (non-hydrogen) atoms. The van der Waals surface area contributed by atoms with Crippen LogP contribution in [-0.4, -0.2) is 43.1 Å². The zero-order chi connectivity index (χ0) is 12.1. The number of nitrogens with one attached hydrogen (secondary N) is 2. The maximum Gasteiger partial charge on any atom is 0.123 e. The maximum atomic E-state index is 5.39. The predicted octanol–water partition coefficient (Wildman–Crippen LogP) is 0.848. The van der Waals surface area contributed by atoms with E-state index in [1.54, 1.807) is 7.11 Å². The minimum absolute atomic E-state index is 0.254. The SMILES string of the molecule is COCC1(CNc2ccnn2C)CCNCC1. The van der Waals surface area contributed by atoms with Crippen molar-refractivity contribution in [3.63, 3.8) is 0 Å². The number of hydrogen-bond donors (Lipinski definition) is 2. The van der Waals surface area contributed by atoms with Gasteiger partial charge < -0.3 is 15.4 Å².